The number of benzene rings is 1. The predicted octanol–water partition coefficient (Wildman–Crippen LogP) is 2.41. The van der Waals surface area contributed by atoms with Crippen LogP contribution >= 0.6 is 0 Å². The van der Waals surface area contributed by atoms with Crippen molar-refractivity contribution in [3.8, 4) is 5.75 Å². The molecule has 1 unspecified atom stereocenters. The lowest BCUT2D eigenvalue weighted by Gasteiger charge is -2.26. The normalized spacial score (nSPS) is 18.6. The zero-order valence-electron chi connectivity index (χ0n) is 15.2. The van der Waals surface area contributed by atoms with Crippen molar-refractivity contribution in [2.24, 2.45) is 0 Å². The lowest BCUT2D eigenvalue weighted by molar-refractivity contribution is 0.101. The number of ether oxygens (including phenoxy) is 1. The second-order valence-electron chi connectivity index (χ2n) is 6.69. The number of nitrogens with zero attached hydrogens (tertiary/aromatic N) is 1. The number of carbonyl (C=O) groups is 1. The summed E-state index contributed by atoms with van der Waals surface area (Å²) >= 11 is 0. The van der Waals surface area contributed by atoms with Crippen LogP contribution in [0.3, 0.4) is 0 Å². The van der Waals surface area contributed by atoms with Gasteiger partial charge in [-0.3, -0.25) is 9.69 Å². The number of carbonyl (C=O) groups excluding carboxylic acids is 1. The first kappa shape index (κ1) is 19.9. The number of Topliss-reactive ketones (excluding diaryl/α,β-unsaturated/α-hetero) is 1. The molecule has 0 radical (unpaired) electrons. The maximum Gasteiger partial charge on any atom is 0.215 e. The van der Waals surface area contributed by atoms with Crippen molar-refractivity contribution >= 4 is 15.8 Å². The Balaban J connectivity index is 1.76. The van der Waals surface area contributed by atoms with Gasteiger partial charge < -0.3 is 4.74 Å². The van der Waals surface area contributed by atoms with Gasteiger partial charge in [-0.15, -0.1) is 0 Å². The van der Waals surface area contributed by atoms with Gasteiger partial charge in [0.05, 0.1) is 18.0 Å². The molecule has 1 saturated heterocycles. The fourth-order valence-corrected chi connectivity index (χ4v) is 3.71. The molecule has 7 heteroatoms. The zero-order valence-corrected chi connectivity index (χ0v) is 16.0. The van der Waals surface area contributed by atoms with Crippen LogP contribution in [0.2, 0.25) is 0 Å². The van der Waals surface area contributed by atoms with Gasteiger partial charge in [0.15, 0.2) is 5.78 Å². The summed E-state index contributed by atoms with van der Waals surface area (Å²) in [4.78, 5) is 13.4. The van der Waals surface area contributed by atoms with E-state index in [1.165, 1.54) is 6.92 Å². The summed E-state index contributed by atoms with van der Waals surface area (Å²) in [7, 11) is -3.25. The minimum absolute atomic E-state index is 0.0375. The Morgan fingerprint density at radius 3 is 2.60 bits per heavy atom. The molecule has 0 saturated carbocycles. The van der Waals surface area contributed by atoms with E-state index in [-0.39, 0.29) is 11.9 Å². The van der Waals surface area contributed by atoms with Crippen LogP contribution in [-0.4, -0.2) is 50.2 Å². The van der Waals surface area contributed by atoms with E-state index in [0.29, 0.717) is 12.2 Å². The SMILES string of the molecule is CC(=O)c1ccc(OCCCN2CCCC2NS(=O)(=O)C(C)C)cc1. The van der Waals surface area contributed by atoms with E-state index < -0.39 is 15.3 Å². The fourth-order valence-electron chi connectivity index (χ4n) is 2.80. The molecule has 0 aromatic heterocycles. The summed E-state index contributed by atoms with van der Waals surface area (Å²) in [5, 5.41) is -0.420. The summed E-state index contributed by atoms with van der Waals surface area (Å²) in [6.07, 6.45) is 2.55. The number of hydrogen-bond donors (Lipinski definition) is 1. The molecule has 1 aliphatic rings. The molecule has 1 aliphatic heterocycles. The van der Waals surface area contributed by atoms with E-state index >= 15 is 0 Å². The van der Waals surface area contributed by atoms with Crippen molar-refractivity contribution in [3.05, 3.63) is 29.8 Å². The van der Waals surface area contributed by atoms with Gasteiger partial charge in [-0.05, 0) is 70.8 Å². The van der Waals surface area contributed by atoms with Gasteiger partial charge in [-0.25, -0.2) is 8.42 Å². The molecule has 1 aromatic carbocycles. The molecule has 1 aromatic rings. The standard InChI is InChI=1S/C18H28N2O4S/c1-14(2)25(22,23)19-18-6-4-11-20(18)12-5-13-24-17-9-7-16(8-10-17)15(3)21/h7-10,14,18-19H,4-6,11-13H2,1-3H3. The Labute approximate surface area is 150 Å². The first-order valence-corrected chi connectivity index (χ1v) is 10.3. The third kappa shape index (κ3) is 5.80. The second-order valence-corrected chi connectivity index (χ2v) is 8.96. The number of ketones is 1. The summed E-state index contributed by atoms with van der Waals surface area (Å²) in [6.45, 7) is 7.16. The highest BCUT2D eigenvalue weighted by Crippen LogP contribution is 2.17. The summed E-state index contributed by atoms with van der Waals surface area (Å²) in [6, 6.07) is 7.11. The van der Waals surface area contributed by atoms with Gasteiger partial charge in [-0.2, -0.15) is 4.72 Å². The molecule has 140 valence electrons. The van der Waals surface area contributed by atoms with Crippen LogP contribution in [0.15, 0.2) is 24.3 Å². The van der Waals surface area contributed by atoms with Gasteiger partial charge in [0.1, 0.15) is 5.75 Å². The van der Waals surface area contributed by atoms with E-state index in [0.717, 1.165) is 38.1 Å². The van der Waals surface area contributed by atoms with Gasteiger partial charge in [0.25, 0.3) is 0 Å². The molecule has 1 heterocycles. The molecule has 0 amide bonds. The molecule has 0 spiro atoms. The molecule has 6 nitrogen and oxygen atoms in total. The lowest BCUT2D eigenvalue weighted by Crippen LogP contribution is -2.46. The van der Waals surface area contributed by atoms with Crippen LogP contribution in [0.4, 0.5) is 0 Å². The number of hydrogen-bond acceptors (Lipinski definition) is 5. The molecule has 2 rings (SSSR count). The third-order valence-electron chi connectivity index (χ3n) is 4.40. The van der Waals surface area contributed by atoms with Crippen molar-refractivity contribution in [2.45, 2.75) is 51.4 Å². The van der Waals surface area contributed by atoms with Gasteiger partial charge >= 0.3 is 0 Å². The molecule has 1 fully saturated rings. The van der Waals surface area contributed by atoms with Crippen LogP contribution in [0.1, 0.15) is 50.4 Å². The van der Waals surface area contributed by atoms with Crippen LogP contribution in [-0.2, 0) is 10.0 Å². The molecular weight excluding hydrogens is 340 g/mol. The maximum absolute atomic E-state index is 12.0. The van der Waals surface area contributed by atoms with E-state index in [4.69, 9.17) is 4.74 Å². The van der Waals surface area contributed by atoms with Gasteiger partial charge in [-0.1, -0.05) is 0 Å². The highest BCUT2D eigenvalue weighted by atomic mass is 32.2. The first-order chi connectivity index (χ1) is 11.8. The van der Waals surface area contributed by atoms with Crippen LogP contribution in [0.5, 0.6) is 5.75 Å². The highest BCUT2D eigenvalue weighted by molar-refractivity contribution is 7.90. The second kappa shape index (κ2) is 8.78. The van der Waals surface area contributed by atoms with Crippen molar-refractivity contribution in [3.63, 3.8) is 0 Å². The topological polar surface area (TPSA) is 75.7 Å². The fraction of sp³-hybridized carbons (Fsp3) is 0.611. The highest BCUT2D eigenvalue weighted by Gasteiger charge is 2.29. The smallest absolute Gasteiger partial charge is 0.215 e. The van der Waals surface area contributed by atoms with E-state index in [2.05, 4.69) is 9.62 Å². The maximum atomic E-state index is 12.0. The van der Waals surface area contributed by atoms with E-state index in [1.54, 1.807) is 38.1 Å². The number of rotatable bonds is 9. The molecule has 1 N–H and O–H groups in total. The Kier molecular flexibility index (Phi) is 6.98. The zero-order chi connectivity index (χ0) is 18.4. The minimum atomic E-state index is -3.25. The van der Waals surface area contributed by atoms with Crippen LogP contribution in [0.25, 0.3) is 0 Å². The van der Waals surface area contributed by atoms with Gasteiger partial charge in [0, 0.05) is 12.1 Å². The Morgan fingerprint density at radius 1 is 1.32 bits per heavy atom. The number of nitrogens with one attached hydrogen (secondary N) is 1. The quantitative estimate of drug-likeness (QED) is 0.535. The van der Waals surface area contributed by atoms with Gasteiger partial charge in [0.2, 0.25) is 10.0 Å². The Hall–Kier alpha value is -1.44. The number of likely N-dealkylation sites (tertiary alicyclic amines) is 1. The molecule has 0 aliphatic carbocycles. The molecule has 0 bridgehead atoms. The monoisotopic (exact) mass is 368 g/mol. The predicted molar refractivity (Wildman–Crippen MR) is 98.3 cm³/mol. The van der Waals surface area contributed by atoms with Crippen molar-refractivity contribution < 1.29 is 17.9 Å². The van der Waals surface area contributed by atoms with Crippen molar-refractivity contribution in [2.75, 3.05) is 19.7 Å². The van der Waals surface area contributed by atoms with E-state index in [9.17, 15) is 13.2 Å². The van der Waals surface area contributed by atoms with Crippen LogP contribution < -0.4 is 9.46 Å². The Bertz CT molecular complexity index is 671. The molecular formula is C18H28N2O4S. The van der Waals surface area contributed by atoms with Crippen molar-refractivity contribution in [1.29, 1.82) is 0 Å². The Morgan fingerprint density at radius 2 is 2.00 bits per heavy atom. The molecule has 25 heavy (non-hydrogen) atoms. The molecule has 1 atom stereocenters. The third-order valence-corrected chi connectivity index (χ3v) is 6.25. The first-order valence-electron chi connectivity index (χ1n) is 8.78. The average Bonchev–Trinajstić information content (AvgIpc) is 2.98. The number of sulfonamides is 1. The lowest BCUT2D eigenvalue weighted by atomic mass is 10.1. The minimum Gasteiger partial charge on any atom is -0.494 e. The average molecular weight is 368 g/mol. The van der Waals surface area contributed by atoms with E-state index in [1.807, 2.05) is 0 Å². The van der Waals surface area contributed by atoms with Crippen molar-refractivity contribution in [1.82, 2.24) is 9.62 Å². The largest absolute Gasteiger partial charge is 0.494 e. The summed E-state index contributed by atoms with van der Waals surface area (Å²) < 4.78 is 32.6. The summed E-state index contributed by atoms with van der Waals surface area (Å²) in [5.74, 6) is 0.777. The summed E-state index contributed by atoms with van der Waals surface area (Å²) in [5.41, 5.74) is 0.671. The van der Waals surface area contributed by atoms with Crippen LogP contribution in [0, 0.1) is 0 Å².